The Morgan fingerprint density at radius 3 is 1.92 bits per heavy atom. The summed E-state index contributed by atoms with van der Waals surface area (Å²) in [6.07, 6.45) is -18.0. The Morgan fingerprint density at radius 2 is 1.37 bits per heavy atom. The first-order valence-corrected chi connectivity index (χ1v) is 14.6. The Balaban J connectivity index is 1.57. The number of carboxylic acid groups (broad SMARTS) is 1. The number of aromatic carboxylic acids is 1. The number of ether oxygens (including phenoxy) is 1. The summed E-state index contributed by atoms with van der Waals surface area (Å²) in [7, 11) is 0. The molecule has 1 N–H and O–H groups in total. The van der Waals surface area contributed by atoms with E-state index in [0.717, 1.165) is 23.1 Å². The van der Waals surface area contributed by atoms with Gasteiger partial charge in [0.15, 0.2) is 0 Å². The lowest BCUT2D eigenvalue weighted by Crippen LogP contribution is -2.32. The highest BCUT2D eigenvalue weighted by atomic mass is 35.5. The Hall–Kier alpha value is -4.72. The van der Waals surface area contributed by atoms with Gasteiger partial charge in [-0.1, -0.05) is 29.8 Å². The van der Waals surface area contributed by atoms with Crippen LogP contribution < -0.4 is 0 Å². The van der Waals surface area contributed by atoms with Crippen LogP contribution in [0.5, 0.6) is 0 Å². The van der Waals surface area contributed by atoms with Crippen LogP contribution in [0, 0.1) is 6.92 Å². The minimum absolute atomic E-state index is 0.0325. The van der Waals surface area contributed by atoms with Crippen LogP contribution in [0.25, 0.3) is 22.3 Å². The van der Waals surface area contributed by atoms with Gasteiger partial charge in [0.05, 0.1) is 34.8 Å². The molecule has 0 radical (unpaired) electrons. The fourth-order valence-electron chi connectivity index (χ4n) is 5.67. The number of cyclic esters (lactones) is 1. The molecule has 5 rings (SSSR count). The third-order valence-electron chi connectivity index (χ3n) is 8.14. The molecule has 15 heteroatoms. The van der Waals surface area contributed by atoms with Gasteiger partial charge in [-0.25, -0.2) is 9.59 Å². The van der Waals surface area contributed by atoms with Crippen molar-refractivity contribution in [2.24, 2.45) is 0 Å². The van der Waals surface area contributed by atoms with E-state index in [0.29, 0.717) is 28.8 Å². The molecule has 2 atom stereocenters. The molecule has 1 saturated heterocycles. The molecule has 0 aromatic heterocycles. The van der Waals surface area contributed by atoms with Crippen molar-refractivity contribution < 1.29 is 58.9 Å². The second-order valence-corrected chi connectivity index (χ2v) is 11.8. The van der Waals surface area contributed by atoms with Gasteiger partial charge < -0.3 is 9.84 Å². The topological polar surface area (TPSA) is 66.8 Å². The Kier molecular flexibility index (Phi) is 9.17. The fourth-order valence-corrected chi connectivity index (χ4v) is 5.89. The predicted molar refractivity (Wildman–Crippen MR) is 160 cm³/mol. The molecule has 0 spiro atoms. The standard InChI is InChI=1S/C34H23ClF9NO4/c1-16-9-19(30(46)47)3-6-25(16)18-4-8-28(35)27(13-18)26-7-5-22(32(36,37)38)12-21(26)15-45-17(2)29(49-31(45)48)20-10-23(33(39,40)41)14-24(11-20)34(42,43)44/h3-14,17,29H,15H2,1-2H3,(H,46,47). The van der Waals surface area contributed by atoms with E-state index in [1.807, 2.05) is 0 Å². The summed E-state index contributed by atoms with van der Waals surface area (Å²) in [5.41, 5.74) is -2.95. The number of halogens is 10. The molecule has 4 aromatic carbocycles. The molecular formula is C34H23ClF9NO4. The van der Waals surface area contributed by atoms with E-state index in [1.165, 1.54) is 25.1 Å². The highest BCUT2D eigenvalue weighted by Crippen LogP contribution is 2.43. The van der Waals surface area contributed by atoms with E-state index in [4.69, 9.17) is 16.3 Å². The van der Waals surface area contributed by atoms with Gasteiger partial charge in [0, 0.05) is 10.6 Å². The van der Waals surface area contributed by atoms with Crippen LogP contribution in [0.1, 0.15) is 56.8 Å². The molecule has 1 aliphatic heterocycles. The summed E-state index contributed by atoms with van der Waals surface area (Å²) >= 11 is 6.52. The number of rotatable bonds is 6. The van der Waals surface area contributed by atoms with E-state index < -0.39 is 71.5 Å². The van der Waals surface area contributed by atoms with Gasteiger partial charge in [0.1, 0.15) is 6.10 Å². The molecule has 49 heavy (non-hydrogen) atoms. The van der Waals surface area contributed by atoms with Crippen molar-refractivity contribution >= 4 is 23.7 Å². The molecule has 1 aliphatic rings. The van der Waals surface area contributed by atoms with Crippen LogP contribution in [0.2, 0.25) is 5.02 Å². The van der Waals surface area contributed by atoms with Gasteiger partial charge >= 0.3 is 30.6 Å². The molecule has 1 amide bonds. The van der Waals surface area contributed by atoms with Crippen molar-refractivity contribution in [3.63, 3.8) is 0 Å². The van der Waals surface area contributed by atoms with Crippen molar-refractivity contribution in [2.75, 3.05) is 0 Å². The quantitative estimate of drug-likeness (QED) is 0.202. The lowest BCUT2D eigenvalue weighted by molar-refractivity contribution is -0.143. The fraction of sp³-hybridized carbons (Fsp3) is 0.235. The van der Waals surface area contributed by atoms with E-state index in [1.54, 1.807) is 25.1 Å². The molecule has 5 nitrogen and oxygen atoms in total. The molecule has 0 saturated carbocycles. The molecule has 4 aromatic rings. The number of benzene rings is 4. The Labute approximate surface area is 277 Å². The maximum atomic E-state index is 13.9. The number of hydrogen-bond acceptors (Lipinski definition) is 3. The number of alkyl halides is 9. The maximum Gasteiger partial charge on any atom is 0.416 e. The zero-order chi connectivity index (χ0) is 36.2. The zero-order valence-electron chi connectivity index (χ0n) is 25.2. The lowest BCUT2D eigenvalue weighted by atomic mass is 9.92. The molecule has 0 bridgehead atoms. The molecule has 2 unspecified atom stereocenters. The van der Waals surface area contributed by atoms with Crippen LogP contribution in [-0.2, 0) is 29.8 Å². The summed E-state index contributed by atoms with van der Waals surface area (Å²) in [6, 6.07) is 11.3. The highest BCUT2D eigenvalue weighted by Gasteiger charge is 2.44. The first kappa shape index (κ1) is 35.6. The van der Waals surface area contributed by atoms with Gasteiger partial charge in [-0.15, -0.1) is 0 Å². The third kappa shape index (κ3) is 7.33. The highest BCUT2D eigenvalue weighted by molar-refractivity contribution is 6.33. The van der Waals surface area contributed by atoms with Crippen LogP contribution in [0.3, 0.4) is 0 Å². The van der Waals surface area contributed by atoms with E-state index >= 15 is 0 Å². The van der Waals surface area contributed by atoms with Crippen LogP contribution in [0.15, 0.2) is 72.8 Å². The number of carbonyl (C=O) groups excluding carboxylic acids is 1. The molecule has 1 fully saturated rings. The molecular weight excluding hydrogens is 693 g/mol. The van der Waals surface area contributed by atoms with Crippen molar-refractivity contribution in [1.29, 1.82) is 0 Å². The first-order chi connectivity index (χ1) is 22.6. The normalized spacial score (nSPS) is 17.0. The second-order valence-electron chi connectivity index (χ2n) is 11.4. The third-order valence-corrected chi connectivity index (χ3v) is 8.47. The minimum atomic E-state index is -5.17. The van der Waals surface area contributed by atoms with Crippen molar-refractivity contribution in [1.82, 2.24) is 4.90 Å². The van der Waals surface area contributed by atoms with E-state index in [-0.39, 0.29) is 33.3 Å². The maximum absolute atomic E-state index is 13.9. The van der Waals surface area contributed by atoms with Gasteiger partial charge in [0.25, 0.3) is 0 Å². The zero-order valence-corrected chi connectivity index (χ0v) is 25.9. The summed E-state index contributed by atoms with van der Waals surface area (Å²) in [4.78, 5) is 25.4. The number of aryl methyl sites for hydroxylation is 1. The van der Waals surface area contributed by atoms with Gasteiger partial charge in [-0.3, -0.25) is 4.90 Å². The van der Waals surface area contributed by atoms with Gasteiger partial charge in [0.2, 0.25) is 0 Å². The Morgan fingerprint density at radius 1 is 0.776 bits per heavy atom. The largest absolute Gasteiger partial charge is 0.478 e. The number of carboxylic acids is 1. The number of amides is 1. The van der Waals surface area contributed by atoms with E-state index in [2.05, 4.69) is 0 Å². The van der Waals surface area contributed by atoms with Crippen LogP contribution in [0.4, 0.5) is 44.3 Å². The number of hydrogen-bond donors (Lipinski definition) is 1. The minimum Gasteiger partial charge on any atom is -0.478 e. The van der Waals surface area contributed by atoms with Gasteiger partial charge in [-0.05, 0) is 102 Å². The summed E-state index contributed by atoms with van der Waals surface area (Å²) in [5, 5.41) is 9.41. The Bertz CT molecular complexity index is 1920. The smallest absolute Gasteiger partial charge is 0.416 e. The molecule has 258 valence electrons. The molecule has 0 aliphatic carbocycles. The molecule has 1 heterocycles. The van der Waals surface area contributed by atoms with Crippen molar-refractivity contribution in [3.05, 3.63) is 117 Å². The van der Waals surface area contributed by atoms with Crippen LogP contribution >= 0.6 is 11.6 Å². The average Bonchev–Trinajstić information content (AvgIpc) is 3.28. The second kappa shape index (κ2) is 12.6. The van der Waals surface area contributed by atoms with Gasteiger partial charge in [-0.2, -0.15) is 39.5 Å². The summed E-state index contributed by atoms with van der Waals surface area (Å²) < 4.78 is 128. The first-order valence-electron chi connectivity index (χ1n) is 14.3. The SMILES string of the molecule is Cc1cc(C(=O)O)ccc1-c1ccc(Cl)c(-c2ccc(C(F)(F)F)cc2CN2C(=O)OC(c3cc(C(F)(F)F)cc(C(F)(F)F)c3)C2C)c1. The van der Waals surface area contributed by atoms with Crippen LogP contribution in [-0.4, -0.2) is 28.1 Å². The van der Waals surface area contributed by atoms with E-state index in [9.17, 15) is 54.2 Å². The predicted octanol–water partition coefficient (Wildman–Crippen LogP) is 10.8. The summed E-state index contributed by atoms with van der Waals surface area (Å²) in [6.45, 7) is 2.36. The lowest BCUT2D eigenvalue weighted by Gasteiger charge is -2.24. The van der Waals surface area contributed by atoms with Crippen molar-refractivity contribution in [3.8, 4) is 22.3 Å². The number of carbonyl (C=O) groups is 2. The monoisotopic (exact) mass is 715 g/mol. The number of nitrogens with zero attached hydrogens (tertiary/aromatic N) is 1. The van der Waals surface area contributed by atoms with Crippen molar-refractivity contribution in [2.45, 2.75) is 51.1 Å². The summed E-state index contributed by atoms with van der Waals surface area (Å²) in [5.74, 6) is -1.15. The average molecular weight is 716 g/mol.